The van der Waals surface area contributed by atoms with Crippen molar-refractivity contribution in [1.29, 1.82) is 5.26 Å². The minimum absolute atomic E-state index is 0.0120. The molecule has 154 valence electrons. The number of carbonyl (C=O) groups is 2. The fourth-order valence-electron chi connectivity index (χ4n) is 2.58. The molecule has 2 aromatic rings. The first-order chi connectivity index (χ1) is 14.4. The summed E-state index contributed by atoms with van der Waals surface area (Å²) in [6.45, 7) is 2.11. The Morgan fingerprint density at radius 1 is 1.20 bits per heavy atom. The number of nitrogens with zero attached hydrogens (tertiary/aromatic N) is 1. The molecule has 0 radical (unpaired) electrons. The van der Waals surface area contributed by atoms with Crippen LogP contribution in [0.25, 0.3) is 6.08 Å². The van der Waals surface area contributed by atoms with E-state index in [0.29, 0.717) is 22.9 Å². The Morgan fingerprint density at radius 3 is 2.60 bits per heavy atom. The number of hydrogen-bond donors (Lipinski definition) is 1. The highest BCUT2D eigenvalue weighted by Gasteiger charge is 2.25. The molecule has 0 heterocycles. The van der Waals surface area contributed by atoms with Gasteiger partial charge < -0.3 is 14.8 Å². The molecule has 1 amide bonds. The van der Waals surface area contributed by atoms with E-state index in [9.17, 15) is 14.9 Å². The number of halogens is 2. The van der Waals surface area contributed by atoms with Gasteiger partial charge in [-0.3, -0.25) is 4.79 Å². The van der Waals surface area contributed by atoms with E-state index in [-0.39, 0.29) is 28.0 Å². The van der Waals surface area contributed by atoms with Crippen molar-refractivity contribution in [3.05, 3.63) is 63.1 Å². The second-order valence-electron chi connectivity index (χ2n) is 6.57. The number of benzene rings is 2. The molecular weight excluding hydrogens is 427 g/mol. The number of hydrogen-bond acceptors (Lipinski definition) is 5. The van der Waals surface area contributed by atoms with Gasteiger partial charge in [-0.2, -0.15) is 5.26 Å². The number of carbonyl (C=O) groups excluding carboxylic acids is 2. The van der Waals surface area contributed by atoms with Crippen LogP contribution in [0.15, 0.2) is 42.0 Å². The molecule has 1 aliphatic rings. The van der Waals surface area contributed by atoms with Crippen molar-refractivity contribution in [3.8, 4) is 17.6 Å². The second-order valence-corrected chi connectivity index (χ2v) is 7.41. The molecule has 0 unspecified atom stereocenters. The predicted molar refractivity (Wildman–Crippen MR) is 114 cm³/mol. The van der Waals surface area contributed by atoms with Crippen LogP contribution < -0.4 is 14.8 Å². The summed E-state index contributed by atoms with van der Waals surface area (Å²) in [5, 5.41) is 12.7. The molecule has 1 saturated carbocycles. The van der Waals surface area contributed by atoms with Gasteiger partial charge in [0.05, 0.1) is 17.2 Å². The van der Waals surface area contributed by atoms with Crippen molar-refractivity contribution in [2.45, 2.75) is 25.8 Å². The Bertz CT molecular complexity index is 1060. The average molecular weight is 445 g/mol. The van der Waals surface area contributed by atoms with Crippen molar-refractivity contribution < 1.29 is 19.1 Å². The molecule has 1 N–H and O–H groups in total. The van der Waals surface area contributed by atoms with Gasteiger partial charge in [0, 0.05) is 11.1 Å². The normalized spacial score (nSPS) is 13.3. The fraction of sp³-hybridized carbons (Fsp3) is 0.227. The first-order valence-corrected chi connectivity index (χ1v) is 10.0. The van der Waals surface area contributed by atoms with Gasteiger partial charge in [-0.1, -0.05) is 29.3 Å². The highest BCUT2D eigenvalue weighted by molar-refractivity contribution is 6.36. The molecule has 0 saturated heterocycles. The van der Waals surface area contributed by atoms with Gasteiger partial charge in [-0.15, -0.1) is 0 Å². The summed E-state index contributed by atoms with van der Waals surface area (Å²) in [6, 6.07) is 11.3. The van der Waals surface area contributed by atoms with Crippen LogP contribution >= 0.6 is 23.2 Å². The minimum atomic E-state index is -0.664. The lowest BCUT2D eigenvalue weighted by atomic mass is 10.1. The van der Waals surface area contributed by atoms with E-state index in [2.05, 4.69) is 5.32 Å². The zero-order chi connectivity index (χ0) is 21.7. The van der Waals surface area contributed by atoms with Crippen LogP contribution in [0.4, 0.5) is 0 Å². The average Bonchev–Trinajstić information content (AvgIpc) is 3.51. The third-order valence-corrected chi connectivity index (χ3v) is 4.76. The highest BCUT2D eigenvalue weighted by atomic mass is 35.5. The van der Waals surface area contributed by atoms with Crippen molar-refractivity contribution >= 4 is 41.2 Å². The summed E-state index contributed by atoms with van der Waals surface area (Å²) in [5.74, 6) is -0.594. The summed E-state index contributed by atoms with van der Waals surface area (Å²) in [7, 11) is 0. The molecule has 0 atom stereocenters. The Hall–Kier alpha value is -3.01. The number of esters is 1. The molecule has 0 aliphatic heterocycles. The van der Waals surface area contributed by atoms with E-state index >= 15 is 0 Å². The molecule has 1 fully saturated rings. The van der Waals surface area contributed by atoms with E-state index < -0.39 is 11.9 Å². The molecule has 0 spiro atoms. The van der Waals surface area contributed by atoms with Crippen LogP contribution in [0, 0.1) is 11.3 Å². The van der Waals surface area contributed by atoms with Crippen molar-refractivity contribution in [3.63, 3.8) is 0 Å². The van der Waals surface area contributed by atoms with Gasteiger partial charge in [0.25, 0.3) is 5.91 Å². The van der Waals surface area contributed by atoms with Crippen LogP contribution in [0.2, 0.25) is 10.0 Å². The standard InChI is InChI=1S/C22H18Cl2N2O4/c1-2-29-20-10-13(9-14(12-25)21(27)26-16-5-6-16)3-8-19(20)30-22(28)17-7-4-15(23)11-18(17)24/h3-4,7-11,16H,2,5-6H2,1H3,(H,26,27). The smallest absolute Gasteiger partial charge is 0.345 e. The molecule has 0 bridgehead atoms. The third-order valence-electron chi connectivity index (χ3n) is 4.21. The third kappa shape index (κ3) is 5.53. The number of rotatable bonds is 7. The molecular formula is C22H18Cl2N2O4. The highest BCUT2D eigenvalue weighted by Crippen LogP contribution is 2.31. The topological polar surface area (TPSA) is 88.4 Å². The van der Waals surface area contributed by atoms with Crippen molar-refractivity contribution in [2.24, 2.45) is 0 Å². The van der Waals surface area contributed by atoms with Crippen LogP contribution in [0.3, 0.4) is 0 Å². The zero-order valence-electron chi connectivity index (χ0n) is 16.1. The number of nitrogens with one attached hydrogen (secondary N) is 1. The summed E-state index contributed by atoms with van der Waals surface area (Å²) < 4.78 is 11.0. The monoisotopic (exact) mass is 444 g/mol. The largest absolute Gasteiger partial charge is 0.490 e. The van der Waals surface area contributed by atoms with Gasteiger partial charge in [-0.05, 0) is 61.7 Å². The Morgan fingerprint density at radius 2 is 1.97 bits per heavy atom. The first kappa shape index (κ1) is 21.7. The second kappa shape index (κ2) is 9.66. The van der Waals surface area contributed by atoms with Gasteiger partial charge in [0.2, 0.25) is 0 Å². The number of amides is 1. The summed E-state index contributed by atoms with van der Waals surface area (Å²) >= 11 is 11.9. The Balaban J connectivity index is 1.83. The summed E-state index contributed by atoms with van der Waals surface area (Å²) in [6.07, 6.45) is 3.31. The van der Waals surface area contributed by atoms with E-state index in [1.54, 1.807) is 19.1 Å². The first-order valence-electron chi connectivity index (χ1n) is 9.28. The lowest BCUT2D eigenvalue weighted by Crippen LogP contribution is -2.26. The van der Waals surface area contributed by atoms with Gasteiger partial charge in [0.1, 0.15) is 11.6 Å². The van der Waals surface area contributed by atoms with Gasteiger partial charge in [-0.25, -0.2) is 4.79 Å². The fourth-order valence-corrected chi connectivity index (χ4v) is 3.07. The maximum Gasteiger partial charge on any atom is 0.345 e. The number of nitriles is 1. The van der Waals surface area contributed by atoms with Crippen molar-refractivity contribution in [1.82, 2.24) is 5.32 Å². The van der Waals surface area contributed by atoms with Gasteiger partial charge >= 0.3 is 5.97 Å². The SMILES string of the molecule is CCOc1cc(C=C(C#N)C(=O)NC2CC2)ccc1OC(=O)c1ccc(Cl)cc1Cl. The van der Waals surface area contributed by atoms with E-state index in [4.69, 9.17) is 32.7 Å². The van der Waals surface area contributed by atoms with Crippen LogP contribution in [0.5, 0.6) is 11.5 Å². The maximum atomic E-state index is 12.5. The predicted octanol–water partition coefficient (Wildman–Crippen LogP) is 4.80. The van der Waals surface area contributed by atoms with Crippen molar-refractivity contribution in [2.75, 3.05) is 6.61 Å². The molecule has 8 heteroatoms. The Kier molecular flexibility index (Phi) is 6.99. The molecule has 2 aromatic carbocycles. The maximum absolute atomic E-state index is 12.5. The number of ether oxygens (including phenoxy) is 2. The van der Waals surface area contributed by atoms with Crippen LogP contribution in [-0.4, -0.2) is 24.5 Å². The molecule has 3 rings (SSSR count). The molecule has 0 aromatic heterocycles. The minimum Gasteiger partial charge on any atom is -0.490 e. The van der Waals surface area contributed by atoms with E-state index in [1.807, 2.05) is 6.07 Å². The van der Waals surface area contributed by atoms with Crippen LogP contribution in [0.1, 0.15) is 35.7 Å². The molecule has 1 aliphatic carbocycles. The zero-order valence-corrected chi connectivity index (χ0v) is 17.6. The Labute approximate surface area is 184 Å². The summed E-state index contributed by atoms with van der Waals surface area (Å²) in [5.41, 5.74) is 0.711. The van der Waals surface area contributed by atoms with Crippen LogP contribution in [-0.2, 0) is 4.79 Å². The molecule has 30 heavy (non-hydrogen) atoms. The summed E-state index contributed by atoms with van der Waals surface area (Å²) in [4.78, 5) is 24.6. The van der Waals surface area contributed by atoms with E-state index in [1.165, 1.54) is 30.3 Å². The quantitative estimate of drug-likeness (QED) is 0.286. The lowest BCUT2D eigenvalue weighted by molar-refractivity contribution is -0.117. The van der Waals surface area contributed by atoms with E-state index in [0.717, 1.165) is 12.8 Å². The lowest BCUT2D eigenvalue weighted by Gasteiger charge is -2.12. The molecule has 6 nitrogen and oxygen atoms in total. The van der Waals surface area contributed by atoms with Gasteiger partial charge in [0.15, 0.2) is 11.5 Å².